The molecule has 0 saturated heterocycles. The van der Waals surface area contributed by atoms with Crippen molar-refractivity contribution in [2.24, 2.45) is 0 Å². The van der Waals surface area contributed by atoms with Crippen LogP contribution in [-0.4, -0.2) is 51.5 Å². The van der Waals surface area contributed by atoms with Gasteiger partial charge in [0.25, 0.3) is 0 Å². The van der Waals surface area contributed by atoms with Crippen molar-refractivity contribution >= 4 is 6.03 Å². The van der Waals surface area contributed by atoms with Gasteiger partial charge in [0, 0.05) is 19.6 Å². The number of carbonyl (C=O) groups excluding carboxylic acids is 1. The van der Waals surface area contributed by atoms with Gasteiger partial charge in [-0.3, -0.25) is 0 Å². The molecule has 0 aliphatic carbocycles. The Labute approximate surface area is 119 Å². The number of ether oxygens (including phenoxy) is 2. The Morgan fingerprint density at radius 3 is 2.75 bits per heavy atom. The molecule has 0 aromatic heterocycles. The number of urea groups is 1. The number of nitrogens with zero attached hydrogens (tertiary/aromatic N) is 1. The third kappa shape index (κ3) is 4.31. The summed E-state index contributed by atoms with van der Waals surface area (Å²) >= 11 is 0. The summed E-state index contributed by atoms with van der Waals surface area (Å²) in [5.74, 6) is 1.56. The molecule has 0 unspecified atom stereocenters. The number of fused-ring (bicyclic) bond motifs is 1. The maximum absolute atomic E-state index is 11.5. The molecule has 1 heterocycles. The summed E-state index contributed by atoms with van der Waals surface area (Å²) < 4.78 is 10.6. The van der Waals surface area contributed by atoms with Crippen molar-refractivity contribution in [1.82, 2.24) is 15.5 Å². The summed E-state index contributed by atoms with van der Waals surface area (Å²) in [6.07, 6.45) is 0.762. The van der Waals surface area contributed by atoms with E-state index in [1.807, 2.05) is 37.2 Å². The van der Waals surface area contributed by atoms with Crippen molar-refractivity contribution in [1.29, 1.82) is 0 Å². The van der Waals surface area contributed by atoms with E-state index in [2.05, 4.69) is 10.6 Å². The second-order valence-electron chi connectivity index (χ2n) is 4.92. The van der Waals surface area contributed by atoms with E-state index >= 15 is 0 Å². The molecule has 1 aromatic carbocycles. The second kappa shape index (κ2) is 7.00. The number of hydrogen-bond acceptors (Lipinski definition) is 4. The Morgan fingerprint density at radius 2 is 1.95 bits per heavy atom. The molecule has 0 fully saturated rings. The molecule has 110 valence electrons. The van der Waals surface area contributed by atoms with Crippen LogP contribution in [-0.2, 0) is 6.42 Å². The summed E-state index contributed by atoms with van der Waals surface area (Å²) in [4.78, 5) is 13.5. The van der Waals surface area contributed by atoms with Gasteiger partial charge in [-0.25, -0.2) is 4.79 Å². The number of hydrogen-bond donors (Lipinski definition) is 2. The lowest BCUT2D eigenvalue weighted by molar-refractivity contribution is 0.174. The molecule has 0 atom stereocenters. The normalized spacial score (nSPS) is 12.6. The van der Waals surface area contributed by atoms with Gasteiger partial charge in [0.15, 0.2) is 11.5 Å². The third-order valence-electron chi connectivity index (χ3n) is 2.98. The number of benzene rings is 1. The maximum Gasteiger partial charge on any atom is 0.314 e. The van der Waals surface area contributed by atoms with Gasteiger partial charge in [0.1, 0.15) is 0 Å². The van der Waals surface area contributed by atoms with Gasteiger partial charge in [-0.05, 0) is 38.2 Å². The Kier molecular flexibility index (Phi) is 5.06. The van der Waals surface area contributed by atoms with E-state index in [0.29, 0.717) is 13.1 Å². The van der Waals surface area contributed by atoms with Crippen LogP contribution >= 0.6 is 0 Å². The first-order chi connectivity index (χ1) is 9.65. The molecule has 0 bridgehead atoms. The van der Waals surface area contributed by atoms with Crippen LogP contribution in [0.4, 0.5) is 4.79 Å². The molecule has 6 nitrogen and oxygen atoms in total. The fourth-order valence-corrected chi connectivity index (χ4v) is 1.87. The van der Waals surface area contributed by atoms with Gasteiger partial charge in [0.05, 0.1) is 0 Å². The van der Waals surface area contributed by atoms with Crippen LogP contribution in [0.2, 0.25) is 0 Å². The second-order valence-corrected chi connectivity index (χ2v) is 4.92. The highest BCUT2D eigenvalue weighted by atomic mass is 16.7. The summed E-state index contributed by atoms with van der Waals surface area (Å²) in [5, 5.41) is 5.64. The fourth-order valence-electron chi connectivity index (χ4n) is 1.87. The lowest BCUT2D eigenvalue weighted by Crippen LogP contribution is -2.39. The van der Waals surface area contributed by atoms with Gasteiger partial charge in [0.2, 0.25) is 6.79 Å². The highest BCUT2D eigenvalue weighted by Crippen LogP contribution is 2.32. The first-order valence-electron chi connectivity index (χ1n) is 6.70. The third-order valence-corrected chi connectivity index (χ3v) is 2.98. The van der Waals surface area contributed by atoms with E-state index in [1.165, 1.54) is 0 Å². The first kappa shape index (κ1) is 14.5. The van der Waals surface area contributed by atoms with Crippen LogP contribution in [0.25, 0.3) is 0 Å². The number of amides is 2. The Hall–Kier alpha value is -1.95. The van der Waals surface area contributed by atoms with Crippen LogP contribution in [0.15, 0.2) is 18.2 Å². The van der Waals surface area contributed by atoms with Crippen molar-refractivity contribution in [3.8, 4) is 11.5 Å². The predicted octanol–water partition coefficient (Wildman–Crippen LogP) is 0.819. The summed E-state index contributed by atoms with van der Waals surface area (Å²) in [5.41, 5.74) is 1.11. The minimum Gasteiger partial charge on any atom is -0.454 e. The van der Waals surface area contributed by atoms with E-state index in [0.717, 1.165) is 30.0 Å². The molecule has 1 aliphatic heterocycles. The van der Waals surface area contributed by atoms with Crippen LogP contribution < -0.4 is 20.1 Å². The summed E-state index contributed by atoms with van der Waals surface area (Å²) in [6.45, 7) is 2.34. The quantitative estimate of drug-likeness (QED) is 0.809. The molecule has 2 rings (SSSR count). The van der Waals surface area contributed by atoms with Crippen molar-refractivity contribution < 1.29 is 14.3 Å². The standard InChI is InChI=1S/C14H21N3O3/c1-17(2)8-7-16-14(18)15-6-5-11-3-4-12-13(9-11)20-10-19-12/h3-4,9H,5-8,10H2,1-2H3,(H2,15,16,18). The van der Waals surface area contributed by atoms with Gasteiger partial charge in [-0.2, -0.15) is 0 Å². The first-order valence-corrected chi connectivity index (χ1v) is 6.70. The summed E-state index contributed by atoms with van der Waals surface area (Å²) in [7, 11) is 3.94. The minimum absolute atomic E-state index is 0.132. The van der Waals surface area contributed by atoms with Gasteiger partial charge >= 0.3 is 6.03 Å². The van der Waals surface area contributed by atoms with Crippen molar-refractivity contribution in [3.05, 3.63) is 23.8 Å². The van der Waals surface area contributed by atoms with Gasteiger partial charge in [-0.15, -0.1) is 0 Å². The van der Waals surface area contributed by atoms with E-state index < -0.39 is 0 Å². The predicted molar refractivity (Wildman–Crippen MR) is 76.2 cm³/mol. The van der Waals surface area contributed by atoms with Crippen molar-refractivity contribution in [3.63, 3.8) is 0 Å². The molecular formula is C14H21N3O3. The van der Waals surface area contributed by atoms with Crippen molar-refractivity contribution in [2.45, 2.75) is 6.42 Å². The SMILES string of the molecule is CN(C)CCNC(=O)NCCc1ccc2c(c1)OCO2. The molecule has 1 aliphatic rings. The van der Waals surface area contributed by atoms with Crippen molar-refractivity contribution in [2.75, 3.05) is 40.5 Å². The highest BCUT2D eigenvalue weighted by Gasteiger charge is 2.12. The molecule has 20 heavy (non-hydrogen) atoms. The maximum atomic E-state index is 11.5. The molecule has 2 N–H and O–H groups in total. The number of rotatable bonds is 6. The Morgan fingerprint density at radius 1 is 1.20 bits per heavy atom. The zero-order chi connectivity index (χ0) is 14.4. The average molecular weight is 279 g/mol. The highest BCUT2D eigenvalue weighted by molar-refractivity contribution is 5.73. The number of nitrogens with one attached hydrogen (secondary N) is 2. The van der Waals surface area contributed by atoms with E-state index in [-0.39, 0.29) is 12.8 Å². The topological polar surface area (TPSA) is 62.8 Å². The lowest BCUT2D eigenvalue weighted by atomic mass is 10.1. The zero-order valence-corrected chi connectivity index (χ0v) is 11.9. The van der Waals surface area contributed by atoms with Crippen LogP contribution in [0.1, 0.15) is 5.56 Å². The fraction of sp³-hybridized carbons (Fsp3) is 0.500. The zero-order valence-electron chi connectivity index (χ0n) is 11.9. The smallest absolute Gasteiger partial charge is 0.314 e. The molecule has 2 amide bonds. The summed E-state index contributed by atoms with van der Waals surface area (Å²) in [6, 6.07) is 5.70. The Bertz CT molecular complexity index is 463. The molecule has 0 radical (unpaired) electrons. The molecule has 1 aromatic rings. The molecule has 6 heteroatoms. The lowest BCUT2D eigenvalue weighted by Gasteiger charge is -2.11. The van der Waals surface area contributed by atoms with Gasteiger partial charge in [-0.1, -0.05) is 6.07 Å². The molecular weight excluding hydrogens is 258 g/mol. The van der Waals surface area contributed by atoms with Crippen LogP contribution in [0.3, 0.4) is 0 Å². The number of carbonyl (C=O) groups is 1. The largest absolute Gasteiger partial charge is 0.454 e. The van der Waals surface area contributed by atoms with Gasteiger partial charge < -0.3 is 25.0 Å². The van der Waals surface area contributed by atoms with E-state index in [1.54, 1.807) is 0 Å². The number of likely N-dealkylation sites (N-methyl/N-ethyl adjacent to an activating group) is 1. The monoisotopic (exact) mass is 279 g/mol. The average Bonchev–Trinajstić information content (AvgIpc) is 2.85. The molecule has 0 spiro atoms. The van der Waals surface area contributed by atoms with Crippen LogP contribution in [0, 0.1) is 0 Å². The minimum atomic E-state index is -0.132. The van der Waals surface area contributed by atoms with Crippen LogP contribution in [0.5, 0.6) is 11.5 Å². The molecule has 0 saturated carbocycles. The van der Waals surface area contributed by atoms with E-state index in [4.69, 9.17) is 9.47 Å². The van der Waals surface area contributed by atoms with E-state index in [9.17, 15) is 4.79 Å². The Balaban J connectivity index is 1.66.